The van der Waals surface area contributed by atoms with E-state index in [1.807, 2.05) is 13.8 Å². The van der Waals surface area contributed by atoms with E-state index in [1.165, 1.54) is 12.1 Å². The van der Waals surface area contributed by atoms with Crippen molar-refractivity contribution in [3.8, 4) is 11.5 Å². The van der Waals surface area contributed by atoms with E-state index in [1.54, 1.807) is 6.07 Å². The van der Waals surface area contributed by atoms with Crippen molar-refractivity contribution in [3.05, 3.63) is 34.1 Å². The summed E-state index contributed by atoms with van der Waals surface area (Å²) in [5, 5.41) is 14.6. The molecule has 18 heavy (non-hydrogen) atoms. The highest BCUT2D eigenvalue weighted by atomic mass is 16.6. The molecule has 0 radical (unpaired) electrons. The van der Waals surface area contributed by atoms with E-state index in [2.05, 4.69) is 10.1 Å². The van der Waals surface area contributed by atoms with Gasteiger partial charge in [-0.2, -0.15) is 4.98 Å². The first-order chi connectivity index (χ1) is 8.49. The lowest BCUT2D eigenvalue weighted by molar-refractivity contribution is -0.383. The molecule has 0 aliphatic heterocycles. The normalized spacial score (nSPS) is 10.8. The van der Waals surface area contributed by atoms with E-state index in [0.717, 1.165) is 0 Å². The highest BCUT2D eigenvalue weighted by Gasteiger charge is 2.17. The first-order valence-electron chi connectivity index (χ1n) is 5.37. The lowest BCUT2D eigenvalue weighted by atomic mass is 10.1. The smallest absolute Gasteiger partial charge is 0.292 e. The van der Waals surface area contributed by atoms with Crippen molar-refractivity contribution in [2.75, 3.05) is 5.73 Å². The Morgan fingerprint density at radius 1 is 1.44 bits per heavy atom. The Balaban J connectivity index is 2.44. The number of nitro benzene ring substituents is 1. The molecule has 0 unspecified atom stereocenters. The number of benzene rings is 1. The van der Waals surface area contributed by atoms with Crippen LogP contribution in [0.5, 0.6) is 0 Å². The molecule has 0 aliphatic carbocycles. The second kappa shape index (κ2) is 4.44. The van der Waals surface area contributed by atoms with Gasteiger partial charge in [0.05, 0.1) is 4.92 Å². The standard InChI is InChI=1S/C11H12N4O3/c1-6(2)10-13-11(18-14-10)7-3-4-8(12)9(5-7)15(16)17/h3-6H,12H2,1-2H3. The van der Waals surface area contributed by atoms with E-state index in [9.17, 15) is 10.1 Å². The first-order valence-corrected chi connectivity index (χ1v) is 5.37. The summed E-state index contributed by atoms with van der Waals surface area (Å²) in [7, 11) is 0. The molecule has 0 saturated carbocycles. The number of nitrogen functional groups attached to an aromatic ring is 1. The molecule has 7 heteroatoms. The summed E-state index contributed by atoms with van der Waals surface area (Å²) in [4.78, 5) is 14.4. The van der Waals surface area contributed by atoms with Crippen LogP contribution in [0.1, 0.15) is 25.6 Å². The van der Waals surface area contributed by atoms with Gasteiger partial charge in [-0.25, -0.2) is 0 Å². The van der Waals surface area contributed by atoms with Crippen LogP contribution in [0, 0.1) is 10.1 Å². The quantitative estimate of drug-likeness (QED) is 0.507. The van der Waals surface area contributed by atoms with Crippen LogP contribution in [0.4, 0.5) is 11.4 Å². The number of nitro groups is 1. The summed E-state index contributed by atoms with van der Waals surface area (Å²) in [6.45, 7) is 3.86. The van der Waals surface area contributed by atoms with Gasteiger partial charge in [-0.1, -0.05) is 19.0 Å². The van der Waals surface area contributed by atoms with Crippen molar-refractivity contribution < 1.29 is 9.45 Å². The first kappa shape index (κ1) is 12.0. The van der Waals surface area contributed by atoms with Gasteiger partial charge in [0.25, 0.3) is 11.6 Å². The minimum Gasteiger partial charge on any atom is -0.393 e. The Bertz CT molecular complexity index is 592. The molecule has 1 heterocycles. The molecule has 1 aromatic carbocycles. The average Bonchev–Trinajstić information content (AvgIpc) is 2.78. The summed E-state index contributed by atoms with van der Waals surface area (Å²) < 4.78 is 5.06. The lowest BCUT2D eigenvalue weighted by Gasteiger charge is -1.98. The maximum atomic E-state index is 10.8. The minimum atomic E-state index is -0.543. The summed E-state index contributed by atoms with van der Waals surface area (Å²) in [5.41, 5.74) is 5.93. The zero-order valence-corrected chi connectivity index (χ0v) is 9.95. The highest BCUT2D eigenvalue weighted by Crippen LogP contribution is 2.28. The van der Waals surface area contributed by atoms with Crippen LogP contribution >= 0.6 is 0 Å². The molecule has 2 aromatic rings. The third-order valence-electron chi connectivity index (χ3n) is 2.43. The van der Waals surface area contributed by atoms with Gasteiger partial charge >= 0.3 is 0 Å². The van der Waals surface area contributed by atoms with E-state index < -0.39 is 4.92 Å². The molecular weight excluding hydrogens is 236 g/mol. The van der Waals surface area contributed by atoms with Gasteiger partial charge in [0.2, 0.25) is 0 Å². The molecule has 2 N–H and O–H groups in total. The second-order valence-electron chi connectivity index (χ2n) is 4.14. The molecular formula is C11H12N4O3. The van der Waals surface area contributed by atoms with Crippen LogP contribution in [0.15, 0.2) is 22.7 Å². The van der Waals surface area contributed by atoms with Crippen LogP contribution in [0.25, 0.3) is 11.5 Å². The number of nitrogens with zero attached hydrogens (tertiary/aromatic N) is 3. The summed E-state index contributed by atoms with van der Waals surface area (Å²) in [6.07, 6.45) is 0. The van der Waals surface area contributed by atoms with E-state index in [-0.39, 0.29) is 23.2 Å². The largest absolute Gasteiger partial charge is 0.393 e. The van der Waals surface area contributed by atoms with Gasteiger partial charge in [-0.15, -0.1) is 0 Å². The maximum absolute atomic E-state index is 10.8. The van der Waals surface area contributed by atoms with Crippen molar-refractivity contribution in [1.82, 2.24) is 10.1 Å². The van der Waals surface area contributed by atoms with Crippen molar-refractivity contribution in [2.45, 2.75) is 19.8 Å². The van der Waals surface area contributed by atoms with Crippen LogP contribution < -0.4 is 5.73 Å². The number of rotatable bonds is 3. The lowest BCUT2D eigenvalue weighted by Crippen LogP contribution is -1.96. The van der Waals surface area contributed by atoms with E-state index in [0.29, 0.717) is 11.4 Å². The number of hydrogen-bond acceptors (Lipinski definition) is 6. The van der Waals surface area contributed by atoms with Gasteiger partial charge in [-0.3, -0.25) is 10.1 Å². The van der Waals surface area contributed by atoms with Gasteiger partial charge in [0.1, 0.15) is 5.69 Å². The second-order valence-corrected chi connectivity index (χ2v) is 4.14. The summed E-state index contributed by atoms with van der Waals surface area (Å²) >= 11 is 0. The fraction of sp³-hybridized carbons (Fsp3) is 0.273. The molecule has 2 rings (SSSR count). The molecule has 94 valence electrons. The van der Waals surface area contributed by atoms with E-state index >= 15 is 0 Å². The van der Waals surface area contributed by atoms with Gasteiger partial charge in [0.15, 0.2) is 5.82 Å². The van der Waals surface area contributed by atoms with Crippen LogP contribution in [0.2, 0.25) is 0 Å². The van der Waals surface area contributed by atoms with E-state index in [4.69, 9.17) is 10.3 Å². The van der Waals surface area contributed by atoms with Crippen LogP contribution in [-0.2, 0) is 0 Å². The highest BCUT2D eigenvalue weighted by molar-refractivity contribution is 5.67. The number of aromatic nitrogens is 2. The Labute approximate surface area is 103 Å². The molecule has 7 nitrogen and oxygen atoms in total. The third kappa shape index (κ3) is 2.15. The van der Waals surface area contributed by atoms with Crippen LogP contribution in [-0.4, -0.2) is 15.1 Å². The fourth-order valence-corrected chi connectivity index (χ4v) is 1.42. The van der Waals surface area contributed by atoms with Gasteiger partial charge in [-0.05, 0) is 12.1 Å². The average molecular weight is 248 g/mol. The number of nitrogens with two attached hydrogens (primary N) is 1. The molecule has 0 amide bonds. The Morgan fingerprint density at radius 2 is 2.17 bits per heavy atom. The molecule has 0 atom stereocenters. The molecule has 1 aromatic heterocycles. The molecule has 0 spiro atoms. The van der Waals surface area contributed by atoms with Crippen molar-refractivity contribution in [2.24, 2.45) is 0 Å². The van der Waals surface area contributed by atoms with Crippen molar-refractivity contribution in [1.29, 1.82) is 0 Å². The SMILES string of the molecule is CC(C)c1noc(-c2ccc(N)c([N+](=O)[O-])c2)n1. The maximum Gasteiger partial charge on any atom is 0.292 e. The predicted octanol–water partition coefficient (Wildman–Crippen LogP) is 2.35. The minimum absolute atomic E-state index is 0.104. The van der Waals surface area contributed by atoms with Crippen molar-refractivity contribution in [3.63, 3.8) is 0 Å². The topological polar surface area (TPSA) is 108 Å². The molecule has 0 aliphatic rings. The monoisotopic (exact) mass is 248 g/mol. The summed E-state index contributed by atoms with van der Waals surface area (Å²) in [6, 6.07) is 4.39. The fourth-order valence-electron chi connectivity index (χ4n) is 1.42. The molecule has 0 saturated heterocycles. The predicted molar refractivity (Wildman–Crippen MR) is 64.9 cm³/mol. The van der Waals surface area contributed by atoms with Gasteiger partial charge < -0.3 is 10.3 Å². The third-order valence-corrected chi connectivity index (χ3v) is 2.43. The Kier molecular flexibility index (Phi) is 2.97. The van der Waals surface area contributed by atoms with Crippen LogP contribution in [0.3, 0.4) is 0 Å². The van der Waals surface area contributed by atoms with Crippen molar-refractivity contribution >= 4 is 11.4 Å². The molecule has 0 bridgehead atoms. The van der Waals surface area contributed by atoms with Gasteiger partial charge in [0, 0.05) is 17.5 Å². The number of anilines is 1. The Morgan fingerprint density at radius 3 is 2.72 bits per heavy atom. The molecule has 0 fully saturated rings. The zero-order valence-electron chi connectivity index (χ0n) is 9.95. The zero-order chi connectivity index (χ0) is 13.3. The number of hydrogen-bond donors (Lipinski definition) is 1. The summed E-state index contributed by atoms with van der Waals surface area (Å²) in [5.74, 6) is 0.942. The Hall–Kier alpha value is -2.44.